The van der Waals surface area contributed by atoms with Crippen molar-refractivity contribution in [2.45, 2.75) is 0 Å². The summed E-state index contributed by atoms with van der Waals surface area (Å²) in [4.78, 5) is 0. The van der Waals surface area contributed by atoms with Crippen LogP contribution in [0.5, 0.6) is 0 Å². The Morgan fingerprint density at radius 2 is 0.725 bits per heavy atom. The quantitative estimate of drug-likeness (QED) is 0.165. The number of fused-ring (bicyclic) bond motifs is 5. The fourth-order valence-electron chi connectivity index (χ4n) is 6.38. The fourth-order valence-corrected chi connectivity index (χ4v) is 6.38. The van der Waals surface area contributed by atoms with Crippen LogP contribution in [0.15, 0.2) is 158 Å². The fraction of sp³-hybridized carbons (Fsp3) is 0. The predicted molar refractivity (Wildman–Crippen MR) is 173 cm³/mol. The monoisotopic (exact) mass is 506 g/mol. The average Bonchev–Trinajstić information content (AvgIpc) is 3.04. The van der Waals surface area contributed by atoms with Crippen molar-refractivity contribution in [2.24, 2.45) is 0 Å². The van der Waals surface area contributed by atoms with E-state index in [0.29, 0.717) is 0 Å². The molecule has 0 unspecified atom stereocenters. The summed E-state index contributed by atoms with van der Waals surface area (Å²) in [6.07, 6.45) is 0. The lowest BCUT2D eigenvalue weighted by atomic mass is 9.84. The van der Waals surface area contributed by atoms with E-state index in [1.54, 1.807) is 0 Å². The minimum atomic E-state index is 1.23. The number of benzene rings is 8. The molecular formula is C40H26. The van der Waals surface area contributed by atoms with Gasteiger partial charge >= 0.3 is 0 Å². The molecule has 0 aliphatic rings. The Hall–Kier alpha value is -5.20. The molecule has 0 atom stereocenters. The second kappa shape index (κ2) is 9.22. The van der Waals surface area contributed by atoms with Crippen LogP contribution in [0, 0.1) is 0 Å². The highest BCUT2D eigenvalue weighted by Crippen LogP contribution is 2.45. The summed E-state index contributed by atoms with van der Waals surface area (Å²) in [5.41, 5.74) is 7.53. The molecule has 0 radical (unpaired) electrons. The van der Waals surface area contributed by atoms with Gasteiger partial charge in [0, 0.05) is 0 Å². The summed E-state index contributed by atoms with van der Waals surface area (Å²) in [5.74, 6) is 0. The van der Waals surface area contributed by atoms with Crippen molar-refractivity contribution in [3.8, 4) is 33.4 Å². The van der Waals surface area contributed by atoms with E-state index in [4.69, 9.17) is 0 Å². The number of hydrogen-bond donors (Lipinski definition) is 0. The van der Waals surface area contributed by atoms with E-state index in [0.717, 1.165) is 0 Å². The summed E-state index contributed by atoms with van der Waals surface area (Å²) in [5, 5.41) is 10.2. The zero-order chi connectivity index (χ0) is 26.5. The standard InChI is InChI=1S/C40H26/c1-3-11-27(12-4-1)30-21-24-37-38(26-30)40(36-18-10-9-17-35(36)39(37)29-14-5-2-6-15-29)32-22-23-34-31(25-32)20-19-28-13-7-8-16-33(28)34/h1-26H. The topological polar surface area (TPSA) is 0 Å². The molecule has 0 heterocycles. The Labute approximate surface area is 233 Å². The molecule has 186 valence electrons. The van der Waals surface area contributed by atoms with Crippen LogP contribution >= 0.6 is 0 Å². The van der Waals surface area contributed by atoms with Gasteiger partial charge in [-0.05, 0) is 88.6 Å². The molecule has 40 heavy (non-hydrogen) atoms. The summed E-state index contributed by atoms with van der Waals surface area (Å²) in [7, 11) is 0. The van der Waals surface area contributed by atoms with Gasteiger partial charge in [-0.25, -0.2) is 0 Å². The molecule has 0 bridgehead atoms. The molecule has 0 saturated heterocycles. The van der Waals surface area contributed by atoms with Crippen LogP contribution in [0.2, 0.25) is 0 Å². The third-order valence-electron chi connectivity index (χ3n) is 8.23. The summed E-state index contributed by atoms with van der Waals surface area (Å²) >= 11 is 0. The molecule has 0 aromatic heterocycles. The lowest BCUT2D eigenvalue weighted by molar-refractivity contribution is 1.63. The predicted octanol–water partition coefficient (Wildman–Crippen LogP) is 11.3. The van der Waals surface area contributed by atoms with Gasteiger partial charge in [-0.2, -0.15) is 0 Å². The van der Waals surface area contributed by atoms with Gasteiger partial charge in [0.2, 0.25) is 0 Å². The molecule has 0 aliphatic carbocycles. The zero-order valence-electron chi connectivity index (χ0n) is 22.0. The lowest BCUT2D eigenvalue weighted by Crippen LogP contribution is -1.92. The van der Waals surface area contributed by atoms with Crippen molar-refractivity contribution in [1.82, 2.24) is 0 Å². The first-order valence-corrected chi connectivity index (χ1v) is 13.9. The van der Waals surface area contributed by atoms with Crippen LogP contribution < -0.4 is 0 Å². The minimum Gasteiger partial charge on any atom is -0.0622 e. The smallest absolute Gasteiger partial charge is 0.00259 e. The maximum Gasteiger partial charge on any atom is -0.00259 e. The van der Waals surface area contributed by atoms with Gasteiger partial charge in [0.1, 0.15) is 0 Å². The van der Waals surface area contributed by atoms with E-state index in [1.807, 2.05) is 0 Å². The molecule has 8 rings (SSSR count). The zero-order valence-corrected chi connectivity index (χ0v) is 22.0. The van der Waals surface area contributed by atoms with Crippen LogP contribution in [0.3, 0.4) is 0 Å². The Morgan fingerprint density at radius 3 is 1.48 bits per heavy atom. The number of hydrogen-bond acceptors (Lipinski definition) is 0. The molecule has 0 spiro atoms. The van der Waals surface area contributed by atoms with Crippen molar-refractivity contribution in [2.75, 3.05) is 0 Å². The molecule has 0 aliphatic heterocycles. The highest BCUT2D eigenvalue weighted by molar-refractivity contribution is 6.22. The first kappa shape index (κ1) is 22.8. The summed E-state index contributed by atoms with van der Waals surface area (Å²) in [6, 6.07) is 57.6. The van der Waals surface area contributed by atoms with Gasteiger partial charge < -0.3 is 0 Å². The summed E-state index contributed by atoms with van der Waals surface area (Å²) < 4.78 is 0. The van der Waals surface area contributed by atoms with Crippen molar-refractivity contribution in [1.29, 1.82) is 0 Å². The molecule has 0 amide bonds. The van der Waals surface area contributed by atoms with Gasteiger partial charge in [-0.1, -0.05) is 146 Å². The third-order valence-corrected chi connectivity index (χ3v) is 8.23. The number of rotatable bonds is 3. The second-order valence-corrected chi connectivity index (χ2v) is 10.5. The van der Waals surface area contributed by atoms with E-state index in [-0.39, 0.29) is 0 Å². The van der Waals surface area contributed by atoms with E-state index in [9.17, 15) is 0 Å². The van der Waals surface area contributed by atoms with Gasteiger partial charge in [-0.15, -0.1) is 0 Å². The molecular weight excluding hydrogens is 480 g/mol. The maximum absolute atomic E-state index is 2.39. The van der Waals surface area contributed by atoms with Crippen LogP contribution in [-0.4, -0.2) is 0 Å². The molecule has 8 aromatic carbocycles. The SMILES string of the molecule is c1ccc(-c2ccc3c(-c4ccccc4)c4ccccc4c(-c4ccc5c(ccc6ccccc65)c4)c3c2)cc1. The van der Waals surface area contributed by atoms with E-state index in [2.05, 4.69) is 158 Å². The van der Waals surface area contributed by atoms with Gasteiger partial charge in [-0.3, -0.25) is 0 Å². The van der Waals surface area contributed by atoms with Gasteiger partial charge in [0.15, 0.2) is 0 Å². The summed E-state index contributed by atoms with van der Waals surface area (Å²) in [6.45, 7) is 0. The van der Waals surface area contributed by atoms with E-state index in [1.165, 1.54) is 76.5 Å². The molecule has 0 heteroatoms. The normalized spacial score (nSPS) is 11.5. The van der Waals surface area contributed by atoms with Crippen LogP contribution in [0.4, 0.5) is 0 Å². The minimum absolute atomic E-state index is 1.23. The molecule has 0 saturated carbocycles. The van der Waals surface area contributed by atoms with Gasteiger partial charge in [0.25, 0.3) is 0 Å². The van der Waals surface area contributed by atoms with Crippen LogP contribution in [0.1, 0.15) is 0 Å². The van der Waals surface area contributed by atoms with Crippen molar-refractivity contribution in [3.05, 3.63) is 158 Å². The Balaban J connectivity index is 1.50. The molecule has 8 aromatic rings. The third kappa shape index (κ3) is 3.61. The highest BCUT2D eigenvalue weighted by atomic mass is 14.2. The first-order chi connectivity index (χ1) is 19.8. The first-order valence-electron chi connectivity index (χ1n) is 13.9. The average molecular weight is 507 g/mol. The second-order valence-electron chi connectivity index (χ2n) is 10.5. The molecule has 0 nitrogen and oxygen atoms in total. The van der Waals surface area contributed by atoms with Crippen molar-refractivity contribution in [3.63, 3.8) is 0 Å². The van der Waals surface area contributed by atoms with Crippen molar-refractivity contribution < 1.29 is 0 Å². The lowest BCUT2D eigenvalue weighted by Gasteiger charge is -2.19. The Morgan fingerprint density at radius 1 is 0.225 bits per heavy atom. The van der Waals surface area contributed by atoms with Gasteiger partial charge in [0.05, 0.1) is 0 Å². The van der Waals surface area contributed by atoms with Crippen molar-refractivity contribution >= 4 is 43.1 Å². The molecule has 0 N–H and O–H groups in total. The van der Waals surface area contributed by atoms with Crippen LogP contribution in [-0.2, 0) is 0 Å². The molecule has 0 fully saturated rings. The Kier molecular flexibility index (Phi) is 5.24. The Bertz CT molecular complexity index is 2190. The van der Waals surface area contributed by atoms with E-state index < -0.39 is 0 Å². The van der Waals surface area contributed by atoms with E-state index >= 15 is 0 Å². The largest absolute Gasteiger partial charge is 0.0622 e. The van der Waals surface area contributed by atoms with Crippen LogP contribution in [0.25, 0.3) is 76.5 Å². The highest BCUT2D eigenvalue weighted by Gasteiger charge is 2.17. The maximum atomic E-state index is 2.39.